The van der Waals surface area contributed by atoms with Crippen LogP contribution < -0.4 is 0 Å². The Morgan fingerprint density at radius 2 is 1.50 bits per heavy atom. The number of hydrogen-bond donors (Lipinski definition) is 0. The Labute approximate surface area is 179 Å². The lowest BCUT2D eigenvalue weighted by Crippen LogP contribution is -2.43. The highest BCUT2D eigenvalue weighted by atomic mass is 35.5. The van der Waals surface area contributed by atoms with E-state index in [1.807, 2.05) is 49.4 Å². The zero-order valence-electron chi connectivity index (χ0n) is 14.9. The Hall–Kier alpha value is -1.50. The van der Waals surface area contributed by atoms with Gasteiger partial charge in [-0.1, -0.05) is 71.2 Å². The van der Waals surface area contributed by atoms with E-state index in [2.05, 4.69) is 0 Å². The van der Waals surface area contributed by atoms with E-state index in [0.29, 0.717) is 10.0 Å². The summed E-state index contributed by atoms with van der Waals surface area (Å²) >= 11 is 13.9. The van der Waals surface area contributed by atoms with Gasteiger partial charge in [0.25, 0.3) is 0 Å². The van der Waals surface area contributed by atoms with Crippen LogP contribution in [-0.4, -0.2) is 12.7 Å². The van der Waals surface area contributed by atoms with Gasteiger partial charge in [0.2, 0.25) is 10.0 Å². The molecule has 0 bridgehead atoms. The molecule has 1 fully saturated rings. The van der Waals surface area contributed by atoms with E-state index in [4.69, 9.17) is 23.2 Å². The lowest BCUT2D eigenvalue weighted by Gasteiger charge is -2.47. The van der Waals surface area contributed by atoms with Gasteiger partial charge in [-0.05, 0) is 48.4 Å². The molecule has 1 aliphatic rings. The fraction of sp³-hybridized carbons (Fsp3) is 0.143. The van der Waals surface area contributed by atoms with E-state index in [1.54, 1.807) is 42.1 Å². The van der Waals surface area contributed by atoms with Crippen LogP contribution >= 0.6 is 35.0 Å². The third-order valence-electron chi connectivity index (χ3n) is 4.64. The molecule has 3 aromatic carbocycles. The van der Waals surface area contributed by atoms with Gasteiger partial charge in [0.15, 0.2) is 0 Å². The van der Waals surface area contributed by atoms with Gasteiger partial charge in [0.05, 0.1) is 10.3 Å². The van der Waals surface area contributed by atoms with Crippen molar-refractivity contribution in [2.45, 2.75) is 22.6 Å². The summed E-state index contributed by atoms with van der Waals surface area (Å²) in [4.78, 5) is 0.273. The summed E-state index contributed by atoms with van der Waals surface area (Å²) in [6, 6.07) is 21.5. The second kappa shape index (κ2) is 7.73. The van der Waals surface area contributed by atoms with Crippen LogP contribution in [0.4, 0.5) is 0 Å². The van der Waals surface area contributed by atoms with Gasteiger partial charge in [0.1, 0.15) is 5.37 Å². The first-order chi connectivity index (χ1) is 13.4. The third kappa shape index (κ3) is 3.58. The van der Waals surface area contributed by atoms with Gasteiger partial charge in [-0.15, -0.1) is 11.8 Å². The molecule has 1 saturated heterocycles. The average molecular weight is 450 g/mol. The molecule has 0 N–H and O–H groups in total. The first kappa shape index (κ1) is 19.8. The average Bonchev–Trinajstić information content (AvgIpc) is 2.64. The molecular weight excluding hydrogens is 433 g/mol. The SMILES string of the molecule is Cc1ccc(S(=O)(=O)N2[C@@H](c3ccc(Cl)cc3)S[C@H]2c2ccccc2Cl)cc1. The van der Waals surface area contributed by atoms with Gasteiger partial charge in [-0.2, -0.15) is 4.31 Å². The Morgan fingerprint density at radius 1 is 0.857 bits per heavy atom. The monoisotopic (exact) mass is 449 g/mol. The lowest BCUT2D eigenvalue weighted by molar-refractivity contribution is 0.344. The van der Waals surface area contributed by atoms with Crippen LogP contribution in [0.3, 0.4) is 0 Å². The van der Waals surface area contributed by atoms with Gasteiger partial charge in [-0.25, -0.2) is 8.42 Å². The van der Waals surface area contributed by atoms with Gasteiger partial charge in [0, 0.05) is 10.0 Å². The van der Waals surface area contributed by atoms with E-state index in [-0.39, 0.29) is 15.6 Å². The summed E-state index contributed by atoms with van der Waals surface area (Å²) < 4.78 is 28.6. The number of sulfonamides is 1. The molecule has 0 unspecified atom stereocenters. The largest absolute Gasteiger partial charge is 0.245 e. The molecule has 0 aliphatic carbocycles. The zero-order valence-corrected chi connectivity index (χ0v) is 18.1. The highest BCUT2D eigenvalue weighted by Gasteiger charge is 2.49. The molecule has 28 heavy (non-hydrogen) atoms. The van der Waals surface area contributed by atoms with Crippen molar-refractivity contribution in [3.05, 3.63) is 99.5 Å². The fourth-order valence-corrected chi connectivity index (χ4v) is 7.20. The van der Waals surface area contributed by atoms with Crippen LogP contribution in [0.25, 0.3) is 0 Å². The van der Waals surface area contributed by atoms with Crippen molar-refractivity contribution in [2.24, 2.45) is 0 Å². The van der Waals surface area contributed by atoms with Crippen LogP contribution in [-0.2, 0) is 10.0 Å². The molecule has 144 valence electrons. The molecule has 1 heterocycles. The van der Waals surface area contributed by atoms with Crippen LogP contribution in [0.15, 0.2) is 77.7 Å². The first-order valence-electron chi connectivity index (χ1n) is 8.63. The summed E-state index contributed by atoms with van der Waals surface area (Å²) in [6.45, 7) is 1.93. The second-order valence-electron chi connectivity index (χ2n) is 6.56. The van der Waals surface area contributed by atoms with Crippen molar-refractivity contribution < 1.29 is 8.42 Å². The Balaban J connectivity index is 1.79. The molecule has 4 rings (SSSR count). The summed E-state index contributed by atoms with van der Waals surface area (Å²) in [5.74, 6) is 0. The highest BCUT2D eigenvalue weighted by molar-refractivity contribution is 8.03. The predicted octanol–water partition coefficient (Wildman–Crippen LogP) is 6.44. The van der Waals surface area contributed by atoms with Crippen molar-refractivity contribution in [1.82, 2.24) is 4.31 Å². The summed E-state index contributed by atoms with van der Waals surface area (Å²) in [5.41, 5.74) is 2.68. The molecule has 0 spiro atoms. The van der Waals surface area contributed by atoms with E-state index in [1.165, 1.54) is 4.31 Å². The van der Waals surface area contributed by atoms with Crippen molar-refractivity contribution in [2.75, 3.05) is 0 Å². The van der Waals surface area contributed by atoms with Crippen molar-refractivity contribution >= 4 is 45.0 Å². The Kier molecular flexibility index (Phi) is 5.47. The molecule has 3 nitrogen and oxygen atoms in total. The number of halogens is 2. The summed E-state index contributed by atoms with van der Waals surface area (Å²) in [6.07, 6.45) is 0. The van der Waals surface area contributed by atoms with Crippen molar-refractivity contribution in [3.8, 4) is 0 Å². The predicted molar refractivity (Wildman–Crippen MR) is 116 cm³/mol. The maximum Gasteiger partial charge on any atom is 0.245 e. The minimum absolute atomic E-state index is 0.273. The number of rotatable bonds is 4. The van der Waals surface area contributed by atoms with Gasteiger partial charge >= 0.3 is 0 Å². The number of aryl methyl sites for hydroxylation is 1. The topological polar surface area (TPSA) is 37.4 Å². The number of thioether (sulfide) groups is 1. The smallest absolute Gasteiger partial charge is 0.207 e. The number of nitrogens with zero attached hydrogens (tertiary/aromatic N) is 1. The fourth-order valence-electron chi connectivity index (χ4n) is 3.13. The lowest BCUT2D eigenvalue weighted by atomic mass is 10.2. The van der Waals surface area contributed by atoms with Crippen molar-refractivity contribution in [3.63, 3.8) is 0 Å². The molecule has 7 heteroatoms. The normalized spacial score (nSPS) is 20.0. The molecule has 0 aromatic heterocycles. The van der Waals surface area contributed by atoms with Crippen LogP contribution in [0, 0.1) is 6.92 Å². The van der Waals surface area contributed by atoms with Crippen LogP contribution in [0.2, 0.25) is 10.0 Å². The number of benzene rings is 3. The van der Waals surface area contributed by atoms with Crippen molar-refractivity contribution in [1.29, 1.82) is 0 Å². The van der Waals surface area contributed by atoms with Crippen LogP contribution in [0.5, 0.6) is 0 Å². The minimum atomic E-state index is -3.72. The van der Waals surface area contributed by atoms with Gasteiger partial charge < -0.3 is 0 Å². The maximum atomic E-state index is 13.5. The Bertz CT molecular complexity index is 1100. The maximum absolute atomic E-state index is 13.5. The second-order valence-corrected chi connectivity index (χ2v) is 10.4. The molecular formula is C21H17Cl2NO2S2. The molecule has 3 aromatic rings. The minimum Gasteiger partial charge on any atom is -0.207 e. The third-order valence-corrected chi connectivity index (χ3v) is 8.85. The number of hydrogen-bond acceptors (Lipinski definition) is 3. The highest BCUT2D eigenvalue weighted by Crippen LogP contribution is 2.60. The molecule has 1 aliphatic heterocycles. The molecule has 0 amide bonds. The summed E-state index contributed by atoms with van der Waals surface area (Å²) in [5, 5.41) is 0.438. The van der Waals surface area contributed by atoms with Crippen LogP contribution in [0.1, 0.15) is 27.4 Å². The molecule has 0 saturated carbocycles. The van der Waals surface area contributed by atoms with Gasteiger partial charge in [-0.3, -0.25) is 0 Å². The standard InChI is InChI=1S/C21H17Cl2NO2S2/c1-14-6-12-17(13-7-14)28(25,26)24-20(15-8-10-16(22)11-9-15)27-21(24)18-4-2-3-5-19(18)23/h2-13,20-21H,1H3/t20-,21+/m1/s1. The van der Waals surface area contributed by atoms with E-state index < -0.39 is 10.0 Å². The Morgan fingerprint density at radius 3 is 2.14 bits per heavy atom. The van der Waals surface area contributed by atoms with E-state index in [9.17, 15) is 8.42 Å². The summed E-state index contributed by atoms with van der Waals surface area (Å²) in [7, 11) is -3.72. The quantitative estimate of drug-likeness (QED) is 0.459. The first-order valence-corrected chi connectivity index (χ1v) is 11.8. The zero-order chi connectivity index (χ0) is 19.9. The van der Waals surface area contributed by atoms with E-state index >= 15 is 0 Å². The molecule has 2 atom stereocenters. The van der Waals surface area contributed by atoms with E-state index in [0.717, 1.165) is 16.7 Å². The molecule has 0 radical (unpaired) electrons.